The van der Waals surface area contributed by atoms with Crippen LogP contribution in [0.4, 0.5) is 24.0 Å². The summed E-state index contributed by atoms with van der Waals surface area (Å²) >= 11 is 3.06. The van der Waals surface area contributed by atoms with Crippen molar-refractivity contribution in [2.24, 2.45) is 0 Å². The number of nitrogens with zero attached hydrogens (tertiary/aromatic N) is 2. The summed E-state index contributed by atoms with van der Waals surface area (Å²) in [6.45, 7) is 4.95. The van der Waals surface area contributed by atoms with Gasteiger partial charge in [-0.15, -0.1) is 11.3 Å². The second-order valence-corrected chi connectivity index (χ2v) is 11.1. The van der Waals surface area contributed by atoms with Crippen LogP contribution >= 0.6 is 23.3 Å². The van der Waals surface area contributed by atoms with Crippen molar-refractivity contribution in [1.82, 2.24) is 4.98 Å². The number of benzene rings is 3. The highest BCUT2D eigenvalue weighted by atomic mass is 32.2. The summed E-state index contributed by atoms with van der Waals surface area (Å²) in [7, 11) is 0. The Hall–Kier alpha value is -3.30. The fraction of sp³-hybridized carbons (Fsp3) is 0.214. The normalized spacial score (nSPS) is 13.1. The van der Waals surface area contributed by atoms with Crippen LogP contribution in [0.5, 0.6) is 0 Å². The van der Waals surface area contributed by atoms with Crippen molar-refractivity contribution in [3.8, 4) is 11.3 Å². The van der Waals surface area contributed by atoms with Crippen molar-refractivity contribution in [3.05, 3.63) is 93.9 Å². The molecule has 5 rings (SSSR count). The zero-order valence-corrected chi connectivity index (χ0v) is 21.9. The Balaban J connectivity index is 1.30. The van der Waals surface area contributed by atoms with Crippen LogP contribution in [-0.2, 0) is 23.8 Å². The van der Waals surface area contributed by atoms with E-state index in [1.54, 1.807) is 11.9 Å². The number of hydrogen-bond acceptors (Lipinski definition) is 5. The number of thiazole rings is 1. The molecule has 4 nitrogen and oxygen atoms in total. The van der Waals surface area contributed by atoms with Gasteiger partial charge in [-0.25, -0.2) is 4.98 Å². The van der Waals surface area contributed by atoms with Crippen LogP contribution in [0.3, 0.4) is 0 Å². The van der Waals surface area contributed by atoms with Gasteiger partial charge in [-0.3, -0.25) is 4.79 Å². The molecule has 1 aliphatic heterocycles. The van der Waals surface area contributed by atoms with Gasteiger partial charge in [-0.1, -0.05) is 42.5 Å². The van der Waals surface area contributed by atoms with Gasteiger partial charge < -0.3 is 9.62 Å². The average Bonchev–Trinajstić information content (AvgIpc) is 3.42. The number of carbonyl (C=O) groups is 1. The summed E-state index contributed by atoms with van der Waals surface area (Å²) < 4.78 is 42.1. The molecule has 0 saturated carbocycles. The third-order valence-electron chi connectivity index (χ3n) is 6.22. The Kier molecular flexibility index (Phi) is 7.00. The maximum atomic E-state index is 13.3. The number of hydrogen-bond donors (Lipinski definition) is 1. The zero-order chi connectivity index (χ0) is 26.2. The molecule has 0 bridgehead atoms. The second kappa shape index (κ2) is 10.2. The molecule has 3 aromatic carbocycles. The van der Waals surface area contributed by atoms with Crippen LogP contribution in [0.2, 0.25) is 0 Å². The first-order valence-electron chi connectivity index (χ1n) is 11.8. The Bertz CT molecular complexity index is 1470. The lowest BCUT2D eigenvalue weighted by molar-refractivity contribution is -0.138. The SMILES string of the molecule is Cc1ccccc1SN1CCc2cc(-c3nc(NC(=O)Cc4ccccc4C(F)(F)F)sc3C)ccc21. The molecule has 1 aromatic heterocycles. The molecule has 0 saturated heterocycles. The topological polar surface area (TPSA) is 45.2 Å². The first-order chi connectivity index (χ1) is 17.7. The Morgan fingerprint density at radius 3 is 2.62 bits per heavy atom. The number of aromatic nitrogens is 1. The Labute approximate surface area is 221 Å². The molecular weight excluding hydrogens is 515 g/mol. The number of halogens is 3. The molecule has 1 aliphatic rings. The van der Waals surface area contributed by atoms with E-state index >= 15 is 0 Å². The molecule has 37 heavy (non-hydrogen) atoms. The van der Waals surface area contributed by atoms with Crippen LogP contribution < -0.4 is 9.62 Å². The van der Waals surface area contributed by atoms with E-state index in [2.05, 4.69) is 45.8 Å². The fourth-order valence-electron chi connectivity index (χ4n) is 4.40. The smallest absolute Gasteiger partial charge is 0.312 e. The van der Waals surface area contributed by atoms with Crippen molar-refractivity contribution in [2.75, 3.05) is 16.2 Å². The van der Waals surface area contributed by atoms with Gasteiger partial charge in [0.2, 0.25) is 5.91 Å². The maximum absolute atomic E-state index is 13.3. The minimum Gasteiger partial charge on any atom is -0.312 e. The number of rotatable bonds is 6. The van der Waals surface area contributed by atoms with E-state index in [0.29, 0.717) is 5.13 Å². The molecule has 1 N–H and O–H groups in total. The molecule has 1 amide bonds. The van der Waals surface area contributed by atoms with E-state index in [1.807, 2.05) is 25.1 Å². The summed E-state index contributed by atoms with van der Waals surface area (Å²) in [5.41, 5.74) is 4.53. The highest BCUT2D eigenvalue weighted by Gasteiger charge is 2.33. The van der Waals surface area contributed by atoms with Gasteiger partial charge in [-0.2, -0.15) is 13.2 Å². The van der Waals surface area contributed by atoms with Crippen LogP contribution in [0.15, 0.2) is 71.6 Å². The van der Waals surface area contributed by atoms with Gasteiger partial charge in [0.25, 0.3) is 0 Å². The number of amides is 1. The van der Waals surface area contributed by atoms with E-state index in [0.717, 1.165) is 35.2 Å². The minimum atomic E-state index is -4.51. The summed E-state index contributed by atoms with van der Waals surface area (Å²) in [6, 6.07) is 19.7. The van der Waals surface area contributed by atoms with E-state index in [9.17, 15) is 18.0 Å². The quantitative estimate of drug-likeness (QED) is 0.255. The van der Waals surface area contributed by atoms with Crippen LogP contribution in [0.1, 0.15) is 27.1 Å². The van der Waals surface area contributed by atoms with Crippen molar-refractivity contribution < 1.29 is 18.0 Å². The summed E-state index contributed by atoms with van der Waals surface area (Å²) in [4.78, 5) is 19.3. The number of aryl methyl sites for hydroxylation is 2. The fourth-order valence-corrected chi connectivity index (χ4v) is 6.30. The molecule has 2 heterocycles. The lowest BCUT2D eigenvalue weighted by Crippen LogP contribution is -2.17. The van der Waals surface area contributed by atoms with Crippen LogP contribution in [0.25, 0.3) is 11.3 Å². The summed E-state index contributed by atoms with van der Waals surface area (Å²) in [5, 5.41) is 3.06. The standard InChI is InChI=1S/C28H24F3N3OS2/c1-17-7-3-6-10-24(17)37-34-14-13-20-15-21(11-12-23(20)34)26-18(2)36-27(33-26)32-25(35)16-19-8-4-5-9-22(19)28(29,30)31/h3-12,15H,13-14,16H2,1-2H3,(H,32,33,35). The lowest BCUT2D eigenvalue weighted by Gasteiger charge is -2.19. The van der Waals surface area contributed by atoms with Gasteiger partial charge in [0.05, 0.1) is 23.4 Å². The third-order valence-corrected chi connectivity index (χ3v) is 8.37. The van der Waals surface area contributed by atoms with Gasteiger partial charge in [0.1, 0.15) is 0 Å². The molecule has 9 heteroatoms. The number of nitrogens with one attached hydrogen (secondary N) is 1. The second-order valence-electron chi connectivity index (χ2n) is 8.86. The monoisotopic (exact) mass is 539 g/mol. The maximum Gasteiger partial charge on any atom is 0.416 e. The molecule has 4 aromatic rings. The van der Waals surface area contributed by atoms with Gasteiger partial charge >= 0.3 is 6.18 Å². The zero-order valence-electron chi connectivity index (χ0n) is 20.2. The number of anilines is 2. The Morgan fingerprint density at radius 1 is 1.08 bits per heavy atom. The average molecular weight is 540 g/mol. The molecule has 0 radical (unpaired) electrons. The predicted molar refractivity (Wildman–Crippen MR) is 144 cm³/mol. The van der Waals surface area contributed by atoms with Crippen LogP contribution in [-0.4, -0.2) is 17.4 Å². The summed E-state index contributed by atoms with van der Waals surface area (Å²) in [6.07, 6.45) is -3.96. The highest BCUT2D eigenvalue weighted by molar-refractivity contribution is 8.00. The van der Waals surface area contributed by atoms with Crippen molar-refractivity contribution in [1.29, 1.82) is 0 Å². The van der Waals surface area contributed by atoms with Crippen molar-refractivity contribution in [3.63, 3.8) is 0 Å². The molecule has 190 valence electrons. The predicted octanol–water partition coefficient (Wildman–Crippen LogP) is 7.70. The van der Waals surface area contributed by atoms with Gasteiger partial charge in [-0.05, 0) is 73.2 Å². The molecule has 0 fully saturated rings. The molecular formula is C28H24F3N3OS2. The number of alkyl halides is 3. The van der Waals surface area contributed by atoms with E-state index in [4.69, 9.17) is 0 Å². The lowest BCUT2D eigenvalue weighted by atomic mass is 10.0. The number of carbonyl (C=O) groups excluding carboxylic acids is 1. The van der Waals surface area contributed by atoms with Crippen LogP contribution in [0, 0.1) is 13.8 Å². The van der Waals surface area contributed by atoms with E-state index in [-0.39, 0.29) is 12.0 Å². The first-order valence-corrected chi connectivity index (χ1v) is 13.3. The minimum absolute atomic E-state index is 0.0623. The molecule has 0 atom stereocenters. The Morgan fingerprint density at radius 2 is 1.84 bits per heavy atom. The van der Waals surface area contributed by atoms with E-state index < -0.39 is 17.6 Å². The first kappa shape index (κ1) is 25.4. The molecule has 0 unspecified atom stereocenters. The van der Waals surface area contributed by atoms with E-state index in [1.165, 1.54) is 51.2 Å². The van der Waals surface area contributed by atoms with Gasteiger partial charge in [0, 0.05) is 21.9 Å². The van der Waals surface area contributed by atoms with Gasteiger partial charge in [0.15, 0.2) is 5.13 Å². The highest BCUT2D eigenvalue weighted by Crippen LogP contribution is 2.40. The number of fused-ring (bicyclic) bond motifs is 1. The van der Waals surface area contributed by atoms with Crippen molar-refractivity contribution in [2.45, 2.75) is 37.8 Å². The molecule has 0 spiro atoms. The van der Waals surface area contributed by atoms with Crippen molar-refractivity contribution >= 4 is 40.0 Å². The largest absolute Gasteiger partial charge is 0.416 e. The summed E-state index contributed by atoms with van der Waals surface area (Å²) in [5.74, 6) is -0.533. The third kappa shape index (κ3) is 5.52. The molecule has 0 aliphatic carbocycles.